The van der Waals surface area contributed by atoms with Crippen molar-refractivity contribution in [3.63, 3.8) is 0 Å². The van der Waals surface area contributed by atoms with Gasteiger partial charge in [-0.05, 0) is 31.0 Å². The van der Waals surface area contributed by atoms with E-state index in [4.69, 9.17) is 14.7 Å². The highest BCUT2D eigenvalue weighted by Crippen LogP contribution is 2.21. The van der Waals surface area contributed by atoms with E-state index < -0.39 is 0 Å². The Morgan fingerprint density at radius 2 is 2.44 bits per heavy atom. The van der Waals surface area contributed by atoms with E-state index in [1.165, 1.54) is 0 Å². The molecule has 0 amide bonds. The minimum absolute atomic E-state index is 0.491. The van der Waals surface area contributed by atoms with Crippen LogP contribution in [-0.4, -0.2) is 19.8 Å². The van der Waals surface area contributed by atoms with E-state index in [1.807, 2.05) is 13.0 Å². The lowest BCUT2D eigenvalue weighted by atomic mass is 10.1. The van der Waals surface area contributed by atoms with Gasteiger partial charge in [0.2, 0.25) is 0 Å². The van der Waals surface area contributed by atoms with Crippen LogP contribution in [0, 0.1) is 24.2 Å². The summed E-state index contributed by atoms with van der Waals surface area (Å²) in [5.74, 6) is 1.30. The quantitative estimate of drug-likeness (QED) is 0.780. The van der Waals surface area contributed by atoms with Crippen molar-refractivity contribution in [2.75, 3.05) is 19.8 Å². The monoisotopic (exact) mass is 217 g/mol. The third-order valence-electron chi connectivity index (χ3n) is 2.82. The molecule has 1 saturated heterocycles. The molecule has 1 unspecified atom stereocenters. The van der Waals surface area contributed by atoms with Gasteiger partial charge >= 0.3 is 0 Å². The van der Waals surface area contributed by atoms with E-state index in [9.17, 15) is 0 Å². The molecule has 1 aromatic rings. The zero-order valence-corrected chi connectivity index (χ0v) is 9.40. The zero-order valence-electron chi connectivity index (χ0n) is 9.40. The van der Waals surface area contributed by atoms with Gasteiger partial charge in [0.25, 0.3) is 0 Å². The zero-order chi connectivity index (χ0) is 11.4. The van der Waals surface area contributed by atoms with E-state index in [0.29, 0.717) is 18.1 Å². The summed E-state index contributed by atoms with van der Waals surface area (Å²) in [5.41, 5.74) is 1.71. The number of nitrogens with zero attached hydrogens (tertiary/aromatic N) is 1. The number of hydrogen-bond acceptors (Lipinski definition) is 3. The maximum atomic E-state index is 8.81. The van der Waals surface area contributed by atoms with Crippen LogP contribution < -0.4 is 4.74 Å². The van der Waals surface area contributed by atoms with Gasteiger partial charge in [0.05, 0.1) is 24.8 Å². The molecule has 2 rings (SSSR count). The third kappa shape index (κ3) is 2.53. The fourth-order valence-corrected chi connectivity index (χ4v) is 1.75. The van der Waals surface area contributed by atoms with Crippen LogP contribution in [0.25, 0.3) is 0 Å². The highest BCUT2D eigenvalue weighted by atomic mass is 16.5. The van der Waals surface area contributed by atoms with Crippen molar-refractivity contribution in [2.45, 2.75) is 13.3 Å². The van der Waals surface area contributed by atoms with E-state index >= 15 is 0 Å². The van der Waals surface area contributed by atoms with Crippen LogP contribution in [0.2, 0.25) is 0 Å². The lowest BCUT2D eigenvalue weighted by molar-refractivity contribution is 0.167. The predicted molar refractivity (Wildman–Crippen MR) is 60.3 cm³/mol. The number of ether oxygens (including phenoxy) is 2. The molecule has 1 heterocycles. The Kier molecular flexibility index (Phi) is 3.43. The third-order valence-corrected chi connectivity index (χ3v) is 2.82. The van der Waals surface area contributed by atoms with Crippen LogP contribution >= 0.6 is 0 Å². The number of hydrogen-bond donors (Lipinski definition) is 0. The predicted octanol–water partition coefficient (Wildman–Crippen LogP) is 2.28. The highest BCUT2D eigenvalue weighted by molar-refractivity contribution is 5.41. The Bertz CT molecular complexity index is 403. The molecule has 3 heteroatoms. The Labute approximate surface area is 95.6 Å². The van der Waals surface area contributed by atoms with Crippen molar-refractivity contribution in [3.8, 4) is 11.8 Å². The summed E-state index contributed by atoms with van der Waals surface area (Å²) in [6, 6.07) is 7.64. The molecular weight excluding hydrogens is 202 g/mol. The van der Waals surface area contributed by atoms with E-state index in [2.05, 4.69) is 6.07 Å². The molecule has 0 aromatic heterocycles. The molecule has 16 heavy (non-hydrogen) atoms. The summed E-state index contributed by atoms with van der Waals surface area (Å²) in [7, 11) is 0. The molecule has 0 spiro atoms. The fraction of sp³-hybridized carbons (Fsp3) is 0.462. The molecule has 3 nitrogen and oxygen atoms in total. The molecule has 0 radical (unpaired) electrons. The molecule has 84 valence electrons. The fourth-order valence-electron chi connectivity index (χ4n) is 1.75. The van der Waals surface area contributed by atoms with Crippen LogP contribution in [-0.2, 0) is 4.74 Å². The topological polar surface area (TPSA) is 42.2 Å². The highest BCUT2D eigenvalue weighted by Gasteiger charge is 2.16. The molecule has 0 saturated carbocycles. The maximum absolute atomic E-state index is 8.81. The van der Waals surface area contributed by atoms with Gasteiger partial charge in [-0.15, -0.1) is 0 Å². The van der Waals surface area contributed by atoms with E-state index in [1.54, 1.807) is 12.1 Å². The standard InChI is InChI=1S/C13H15NO2/c1-10-2-3-11(7-14)6-13(10)16-9-12-4-5-15-8-12/h2-3,6,12H,4-5,8-9H2,1H3. The van der Waals surface area contributed by atoms with E-state index in [-0.39, 0.29) is 0 Å². The minimum Gasteiger partial charge on any atom is -0.493 e. The summed E-state index contributed by atoms with van der Waals surface area (Å²) in [6.45, 7) is 4.29. The second-order valence-electron chi connectivity index (χ2n) is 4.13. The van der Waals surface area contributed by atoms with Crippen LogP contribution in [0.5, 0.6) is 5.75 Å². The Hall–Kier alpha value is -1.53. The Balaban J connectivity index is 2.00. The minimum atomic E-state index is 0.491. The first-order valence-corrected chi connectivity index (χ1v) is 5.51. The number of rotatable bonds is 3. The Morgan fingerprint density at radius 3 is 3.12 bits per heavy atom. The summed E-state index contributed by atoms with van der Waals surface area (Å²) in [4.78, 5) is 0. The molecular formula is C13H15NO2. The van der Waals surface area contributed by atoms with Gasteiger partial charge in [-0.2, -0.15) is 5.26 Å². The van der Waals surface area contributed by atoms with Crippen LogP contribution in [0.1, 0.15) is 17.5 Å². The van der Waals surface area contributed by atoms with Crippen LogP contribution in [0.15, 0.2) is 18.2 Å². The average molecular weight is 217 g/mol. The largest absolute Gasteiger partial charge is 0.493 e. The molecule has 1 fully saturated rings. The second-order valence-corrected chi connectivity index (χ2v) is 4.13. The molecule has 1 aromatic carbocycles. The average Bonchev–Trinajstić information content (AvgIpc) is 2.81. The van der Waals surface area contributed by atoms with Gasteiger partial charge in [0, 0.05) is 12.5 Å². The lowest BCUT2D eigenvalue weighted by Crippen LogP contribution is -2.12. The number of aryl methyl sites for hydroxylation is 1. The maximum Gasteiger partial charge on any atom is 0.123 e. The molecule has 0 bridgehead atoms. The van der Waals surface area contributed by atoms with Crippen LogP contribution in [0.4, 0.5) is 0 Å². The first-order valence-electron chi connectivity index (χ1n) is 5.51. The lowest BCUT2D eigenvalue weighted by Gasteiger charge is -2.12. The SMILES string of the molecule is Cc1ccc(C#N)cc1OCC1CCOC1. The summed E-state index contributed by atoms with van der Waals surface area (Å²) in [6.07, 6.45) is 1.07. The normalized spacial score (nSPS) is 19.4. The molecule has 0 N–H and O–H groups in total. The van der Waals surface area contributed by atoms with Crippen molar-refractivity contribution >= 4 is 0 Å². The van der Waals surface area contributed by atoms with Crippen LogP contribution in [0.3, 0.4) is 0 Å². The summed E-state index contributed by atoms with van der Waals surface area (Å²) in [5, 5.41) is 8.81. The van der Waals surface area contributed by atoms with Crippen molar-refractivity contribution in [3.05, 3.63) is 29.3 Å². The number of benzene rings is 1. The smallest absolute Gasteiger partial charge is 0.123 e. The van der Waals surface area contributed by atoms with Gasteiger partial charge in [-0.25, -0.2) is 0 Å². The van der Waals surface area contributed by atoms with Gasteiger partial charge in [0.1, 0.15) is 5.75 Å². The summed E-state index contributed by atoms with van der Waals surface area (Å²) < 4.78 is 11.0. The molecule has 1 atom stereocenters. The van der Waals surface area contributed by atoms with Gasteiger partial charge in [-0.3, -0.25) is 0 Å². The van der Waals surface area contributed by atoms with Crippen molar-refractivity contribution in [1.82, 2.24) is 0 Å². The van der Waals surface area contributed by atoms with Gasteiger partial charge in [-0.1, -0.05) is 6.07 Å². The van der Waals surface area contributed by atoms with Crippen molar-refractivity contribution < 1.29 is 9.47 Å². The van der Waals surface area contributed by atoms with Crippen molar-refractivity contribution in [1.29, 1.82) is 5.26 Å². The second kappa shape index (κ2) is 5.00. The summed E-state index contributed by atoms with van der Waals surface area (Å²) >= 11 is 0. The van der Waals surface area contributed by atoms with E-state index in [0.717, 1.165) is 30.9 Å². The Morgan fingerprint density at radius 1 is 1.56 bits per heavy atom. The molecule has 1 aliphatic rings. The van der Waals surface area contributed by atoms with Gasteiger partial charge in [0.15, 0.2) is 0 Å². The molecule has 1 aliphatic heterocycles. The van der Waals surface area contributed by atoms with Crippen molar-refractivity contribution in [2.24, 2.45) is 5.92 Å². The van der Waals surface area contributed by atoms with Gasteiger partial charge < -0.3 is 9.47 Å². The first kappa shape index (κ1) is 11.0. The molecule has 0 aliphatic carbocycles. The number of nitriles is 1. The first-order chi connectivity index (χ1) is 7.79.